The highest BCUT2D eigenvalue weighted by Gasteiger charge is 2.44. The number of hydrogen-bond acceptors (Lipinski definition) is 4. The molecule has 1 aromatic carbocycles. The van der Waals surface area contributed by atoms with Crippen LogP contribution in [-0.4, -0.2) is 38.3 Å². The van der Waals surface area contributed by atoms with Crippen LogP contribution in [0.15, 0.2) is 12.1 Å². The molecule has 24 heavy (non-hydrogen) atoms. The third kappa shape index (κ3) is 3.36. The molecule has 2 fully saturated rings. The number of rotatable bonds is 5. The minimum absolute atomic E-state index is 0.0195. The SMILES string of the molecule is CCS(=O)(=O)Nc1cc(C)c(C(=O)O)c(N2CCC3(CC2)CC3)c1. The Morgan fingerprint density at radius 3 is 2.38 bits per heavy atom. The lowest BCUT2D eigenvalue weighted by molar-refractivity contribution is 0.0696. The van der Waals surface area contributed by atoms with Gasteiger partial charge in [0, 0.05) is 13.1 Å². The molecule has 1 aliphatic heterocycles. The molecule has 0 aromatic heterocycles. The Labute approximate surface area is 142 Å². The summed E-state index contributed by atoms with van der Waals surface area (Å²) in [7, 11) is -3.39. The lowest BCUT2D eigenvalue weighted by atomic mass is 9.92. The van der Waals surface area contributed by atoms with Gasteiger partial charge in [0.2, 0.25) is 10.0 Å². The standard InChI is InChI=1S/C17H24N2O4S/c1-3-24(22,23)18-13-10-12(2)15(16(20)21)14(11-13)19-8-6-17(4-5-17)7-9-19/h10-11,18H,3-9H2,1-2H3,(H,20,21). The van der Waals surface area contributed by atoms with Gasteiger partial charge in [-0.2, -0.15) is 0 Å². The molecule has 1 aromatic rings. The Bertz CT molecular complexity index is 759. The van der Waals surface area contributed by atoms with E-state index in [1.807, 2.05) is 0 Å². The molecule has 1 heterocycles. The number of hydrogen-bond donors (Lipinski definition) is 2. The fourth-order valence-corrected chi connectivity index (χ4v) is 4.13. The normalized spacial score (nSPS) is 19.3. The quantitative estimate of drug-likeness (QED) is 0.851. The topological polar surface area (TPSA) is 86.7 Å². The number of piperidine rings is 1. The Balaban J connectivity index is 1.95. The number of nitrogens with zero attached hydrogens (tertiary/aromatic N) is 1. The smallest absolute Gasteiger partial charge is 0.338 e. The molecule has 1 saturated heterocycles. The molecule has 0 unspecified atom stereocenters. The number of carbonyl (C=O) groups is 1. The summed E-state index contributed by atoms with van der Waals surface area (Å²) in [5, 5.41) is 9.60. The first-order chi connectivity index (χ1) is 11.3. The molecule has 6 nitrogen and oxygen atoms in total. The van der Waals surface area contributed by atoms with Crippen LogP contribution >= 0.6 is 0 Å². The number of carboxylic acids is 1. The van der Waals surface area contributed by atoms with Crippen molar-refractivity contribution in [2.45, 2.75) is 39.5 Å². The largest absolute Gasteiger partial charge is 0.478 e. The summed E-state index contributed by atoms with van der Waals surface area (Å²) in [5.74, 6) is -0.993. The van der Waals surface area contributed by atoms with Gasteiger partial charge in [-0.15, -0.1) is 0 Å². The van der Waals surface area contributed by atoms with E-state index in [0.717, 1.165) is 25.9 Å². The van der Waals surface area contributed by atoms with Gasteiger partial charge >= 0.3 is 5.97 Å². The molecule has 2 aliphatic rings. The second kappa shape index (κ2) is 5.95. The van der Waals surface area contributed by atoms with Gasteiger partial charge in [0.15, 0.2) is 0 Å². The van der Waals surface area contributed by atoms with E-state index < -0.39 is 16.0 Å². The fraction of sp³-hybridized carbons (Fsp3) is 0.588. The van der Waals surface area contributed by atoms with Gasteiger partial charge in [-0.3, -0.25) is 4.72 Å². The summed E-state index contributed by atoms with van der Waals surface area (Å²) in [6.07, 6.45) is 4.72. The van der Waals surface area contributed by atoms with Gasteiger partial charge in [0.25, 0.3) is 0 Å². The predicted molar refractivity (Wildman–Crippen MR) is 94.3 cm³/mol. The summed E-state index contributed by atoms with van der Waals surface area (Å²) in [4.78, 5) is 13.8. The minimum atomic E-state index is -3.39. The summed E-state index contributed by atoms with van der Waals surface area (Å²) >= 11 is 0. The minimum Gasteiger partial charge on any atom is -0.478 e. The average molecular weight is 352 g/mol. The van der Waals surface area contributed by atoms with Crippen LogP contribution in [-0.2, 0) is 10.0 Å². The van der Waals surface area contributed by atoms with E-state index in [0.29, 0.717) is 22.4 Å². The van der Waals surface area contributed by atoms with E-state index in [-0.39, 0.29) is 11.3 Å². The number of anilines is 2. The lowest BCUT2D eigenvalue weighted by Crippen LogP contribution is -2.35. The van der Waals surface area contributed by atoms with Gasteiger partial charge in [-0.25, -0.2) is 13.2 Å². The summed E-state index contributed by atoms with van der Waals surface area (Å²) in [6, 6.07) is 3.25. The number of aromatic carboxylic acids is 1. The van der Waals surface area contributed by atoms with Crippen LogP contribution in [0, 0.1) is 12.3 Å². The molecule has 1 spiro atoms. The van der Waals surface area contributed by atoms with Crippen molar-refractivity contribution in [2.75, 3.05) is 28.5 Å². The first-order valence-corrected chi connectivity index (χ1v) is 10.0. The van der Waals surface area contributed by atoms with E-state index in [4.69, 9.17) is 0 Å². The summed E-state index contributed by atoms with van der Waals surface area (Å²) in [5.41, 5.74) is 2.38. The molecule has 7 heteroatoms. The van der Waals surface area contributed by atoms with E-state index in [1.54, 1.807) is 26.0 Å². The van der Waals surface area contributed by atoms with Crippen LogP contribution in [0.5, 0.6) is 0 Å². The third-order valence-electron chi connectivity index (χ3n) is 5.30. The van der Waals surface area contributed by atoms with Gasteiger partial charge in [0.1, 0.15) is 0 Å². The molecule has 0 atom stereocenters. The fourth-order valence-electron chi connectivity index (χ4n) is 3.51. The van der Waals surface area contributed by atoms with Crippen LogP contribution < -0.4 is 9.62 Å². The van der Waals surface area contributed by atoms with Crippen molar-refractivity contribution in [3.05, 3.63) is 23.3 Å². The number of sulfonamides is 1. The van der Waals surface area contributed by atoms with Crippen molar-refractivity contribution in [1.82, 2.24) is 0 Å². The van der Waals surface area contributed by atoms with Gasteiger partial charge in [-0.05, 0) is 62.6 Å². The maximum atomic E-state index is 11.8. The van der Waals surface area contributed by atoms with Crippen molar-refractivity contribution in [2.24, 2.45) is 5.41 Å². The van der Waals surface area contributed by atoms with E-state index >= 15 is 0 Å². The molecule has 132 valence electrons. The van der Waals surface area contributed by atoms with Crippen molar-refractivity contribution in [3.8, 4) is 0 Å². The van der Waals surface area contributed by atoms with Crippen molar-refractivity contribution >= 4 is 27.4 Å². The first kappa shape index (κ1) is 17.1. The molecule has 2 N–H and O–H groups in total. The summed E-state index contributed by atoms with van der Waals surface area (Å²) < 4.78 is 26.2. The van der Waals surface area contributed by atoms with E-state index in [9.17, 15) is 18.3 Å². The van der Waals surface area contributed by atoms with Crippen LogP contribution in [0.2, 0.25) is 0 Å². The Morgan fingerprint density at radius 2 is 1.88 bits per heavy atom. The zero-order valence-corrected chi connectivity index (χ0v) is 14.9. The Morgan fingerprint density at radius 1 is 1.25 bits per heavy atom. The maximum absolute atomic E-state index is 11.8. The highest BCUT2D eigenvalue weighted by molar-refractivity contribution is 7.92. The van der Waals surface area contributed by atoms with Gasteiger partial charge in [0.05, 0.1) is 22.7 Å². The maximum Gasteiger partial charge on any atom is 0.338 e. The molecule has 1 saturated carbocycles. The zero-order valence-electron chi connectivity index (χ0n) is 14.1. The number of nitrogens with one attached hydrogen (secondary N) is 1. The Kier molecular flexibility index (Phi) is 4.23. The lowest BCUT2D eigenvalue weighted by Gasteiger charge is -2.35. The molecular formula is C17H24N2O4S. The van der Waals surface area contributed by atoms with Crippen LogP contribution in [0.4, 0.5) is 11.4 Å². The van der Waals surface area contributed by atoms with E-state index in [1.165, 1.54) is 12.8 Å². The first-order valence-electron chi connectivity index (χ1n) is 8.39. The van der Waals surface area contributed by atoms with E-state index in [2.05, 4.69) is 9.62 Å². The van der Waals surface area contributed by atoms with Gasteiger partial charge < -0.3 is 10.0 Å². The highest BCUT2D eigenvalue weighted by Crippen LogP contribution is 2.54. The molecule has 1 aliphatic carbocycles. The second-order valence-corrected chi connectivity index (χ2v) is 9.00. The summed E-state index contributed by atoms with van der Waals surface area (Å²) in [6.45, 7) is 4.93. The van der Waals surface area contributed by atoms with Crippen molar-refractivity contribution in [3.63, 3.8) is 0 Å². The van der Waals surface area contributed by atoms with Crippen molar-refractivity contribution < 1.29 is 18.3 Å². The molecule has 0 bridgehead atoms. The van der Waals surface area contributed by atoms with Crippen molar-refractivity contribution in [1.29, 1.82) is 0 Å². The molecule has 0 radical (unpaired) electrons. The molecule has 3 rings (SSSR count). The predicted octanol–water partition coefficient (Wildman–Crippen LogP) is 2.84. The number of benzene rings is 1. The highest BCUT2D eigenvalue weighted by atomic mass is 32.2. The molecule has 0 amide bonds. The monoisotopic (exact) mass is 352 g/mol. The second-order valence-electron chi connectivity index (χ2n) is 6.98. The number of carboxylic acid groups (broad SMARTS) is 1. The average Bonchev–Trinajstić information content (AvgIpc) is 3.26. The van der Waals surface area contributed by atoms with Crippen LogP contribution in [0.1, 0.15) is 48.5 Å². The Hall–Kier alpha value is -1.76. The molecular weight excluding hydrogens is 328 g/mol. The van der Waals surface area contributed by atoms with Crippen LogP contribution in [0.3, 0.4) is 0 Å². The third-order valence-corrected chi connectivity index (χ3v) is 6.61. The van der Waals surface area contributed by atoms with Gasteiger partial charge in [-0.1, -0.05) is 0 Å². The zero-order chi connectivity index (χ0) is 17.5. The van der Waals surface area contributed by atoms with Crippen LogP contribution in [0.25, 0.3) is 0 Å². The number of aryl methyl sites for hydroxylation is 1.